The van der Waals surface area contributed by atoms with Gasteiger partial charge in [-0.25, -0.2) is 0 Å². The molecular weight excluding hydrogens is 410 g/mol. The molecule has 1 N–H and O–H groups in total. The maximum atomic E-state index is 13.4. The Bertz CT molecular complexity index is 713. The third kappa shape index (κ3) is 6.89. The number of methoxy groups -OCH3 is 1. The molecule has 2 aliphatic rings. The molecular formula is C24H39N3O5. The third-order valence-electron chi connectivity index (χ3n) is 6.39. The Morgan fingerprint density at radius 3 is 2.59 bits per heavy atom. The highest BCUT2D eigenvalue weighted by molar-refractivity contribution is 5.97. The van der Waals surface area contributed by atoms with Crippen LogP contribution in [0.1, 0.15) is 30.6 Å². The lowest BCUT2D eigenvalue weighted by Crippen LogP contribution is -2.53. The first-order chi connectivity index (χ1) is 15.5. The fourth-order valence-corrected chi connectivity index (χ4v) is 4.37. The number of ether oxygens (including phenoxy) is 3. The molecule has 0 saturated carbocycles. The Balaban J connectivity index is 1.59. The standard InChI is InChI=1S/C24H39N3O5/c1-4-19(2)27(24(29)22-7-5-6-8-23(22)30-3)18-21-17-26(11-14-32-21)16-20(28)15-25-9-12-31-13-10-25/h5-8,19-21,28H,4,9-18H2,1-3H3. The molecule has 1 aromatic rings. The second kappa shape index (κ2) is 12.5. The third-order valence-corrected chi connectivity index (χ3v) is 6.39. The van der Waals surface area contributed by atoms with E-state index in [1.165, 1.54) is 0 Å². The summed E-state index contributed by atoms with van der Waals surface area (Å²) in [6.45, 7) is 11.3. The van der Waals surface area contributed by atoms with E-state index >= 15 is 0 Å². The summed E-state index contributed by atoms with van der Waals surface area (Å²) < 4.78 is 16.8. The summed E-state index contributed by atoms with van der Waals surface area (Å²) in [5.41, 5.74) is 0.573. The lowest BCUT2D eigenvalue weighted by atomic mass is 10.1. The van der Waals surface area contributed by atoms with E-state index in [0.717, 1.165) is 39.3 Å². The average molecular weight is 450 g/mol. The monoisotopic (exact) mass is 449 g/mol. The lowest BCUT2D eigenvalue weighted by molar-refractivity contribution is -0.0581. The molecule has 0 aromatic heterocycles. The summed E-state index contributed by atoms with van der Waals surface area (Å²) in [6.07, 6.45) is 0.356. The molecule has 8 heteroatoms. The van der Waals surface area contributed by atoms with Gasteiger partial charge >= 0.3 is 0 Å². The van der Waals surface area contributed by atoms with Crippen molar-refractivity contribution in [2.45, 2.75) is 38.5 Å². The van der Waals surface area contributed by atoms with Crippen LogP contribution in [0.15, 0.2) is 24.3 Å². The summed E-state index contributed by atoms with van der Waals surface area (Å²) >= 11 is 0. The summed E-state index contributed by atoms with van der Waals surface area (Å²) in [4.78, 5) is 19.8. The van der Waals surface area contributed by atoms with Gasteiger partial charge in [0.15, 0.2) is 0 Å². The van der Waals surface area contributed by atoms with Crippen LogP contribution in [0.2, 0.25) is 0 Å². The zero-order valence-corrected chi connectivity index (χ0v) is 19.7. The molecule has 0 radical (unpaired) electrons. The van der Waals surface area contributed by atoms with Crippen LogP contribution in [0, 0.1) is 0 Å². The molecule has 2 heterocycles. The van der Waals surface area contributed by atoms with Crippen LogP contribution in [0.3, 0.4) is 0 Å². The maximum Gasteiger partial charge on any atom is 0.257 e. The summed E-state index contributed by atoms with van der Waals surface area (Å²) in [6, 6.07) is 7.44. The van der Waals surface area contributed by atoms with E-state index in [1.54, 1.807) is 7.11 Å². The number of β-amino-alcohol motifs (C(OH)–C–C–N with tert-alkyl or cyclic N) is 1. The predicted octanol–water partition coefficient (Wildman–Crippen LogP) is 1.33. The zero-order chi connectivity index (χ0) is 22.9. The SMILES string of the molecule is CCC(C)N(CC1CN(CC(O)CN2CCOCC2)CCO1)C(=O)c1ccccc1OC. The van der Waals surface area contributed by atoms with Crippen molar-refractivity contribution in [1.29, 1.82) is 0 Å². The number of benzene rings is 1. The molecule has 3 rings (SSSR count). The molecule has 0 spiro atoms. The first-order valence-corrected chi connectivity index (χ1v) is 11.8. The lowest BCUT2D eigenvalue weighted by Gasteiger charge is -2.39. The van der Waals surface area contributed by atoms with E-state index in [0.29, 0.717) is 44.1 Å². The van der Waals surface area contributed by atoms with E-state index in [1.807, 2.05) is 29.2 Å². The van der Waals surface area contributed by atoms with Gasteiger partial charge in [0.2, 0.25) is 0 Å². The Kier molecular flexibility index (Phi) is 9.74. The number of para-hydroxylation sites is 1. The van der Waals surface area contributed by atoms with Crippen LogP contribution in [0.25, 0.3) is 0 Å². The van der Waals surface area contributed by atoms with Crippen LogP contribution < -0.4 is 4.74 Å². The normalized spacial score (nSPS) is 22.3. The van der Waals surface area contributed by atoms with Crippen molar-refractivity contribution in [1.82, 2.24) is 14.7 Å². The van der Waals surface area contributed by atoms with Gasteiger partial charge in [-0.2, -0.15) is 0 Å². The molecule has 3 atom stereocenters. The number of amides is 1. The van der Waals surface area contributed by atoms with Crippen molar-refractivity contribution >= 4 is 5.91 Å². The fraction of sp³-hybridized carbons (Fsp3) is 0.708. The van der Waals surface area contributed by atoms with Crippen LogP contribution in [-0.4, -0.2) is 117 Å². The van der Waals surface area contributed by atoms with Crippen molar-refractivity contribution in [3.05, 3.63) is 29.8 Å². The number of carbonyl (C=O) groups is 1. The molecule has 2 fully saturated rings. The largest absolute Gasteiger partial charge is 0.496 e. The number of rotatable bonds is 10. The van der Waals surface area contributed by atoms with Crippen molar-refractivity contribution in [3.8, 4) is 5.75 Å². The second-order valence-corrected chi connectivity index (χ2v) is 8.73. The molecule has 1 aromatic carbocycles. The molecule has 2 saturated heterocycles. The van der Waals surface area contributed by atoms with Gasteiger partial charge in [-0.05, 0) is 25.5 Å². The summed E-state index contributed by atoms with van der Waals surface area (Å²) in [5.74, 6) is 0.549. The molecule has 0 bridgehead atoms. The summed E-state index contributed by atoms with van der Waals surface area (Å²) in [5, 5.41) is 10.6. The van der Waals surface area contributed by atoms with Crippen molar-refractivity contribution < 1.29 is 24.1 Å². The fourth-order valence-electron chi connectivity index (χ4n) is 4.37. The average Bonchev–Trinajstić information content (AvgIpc) is 2.82. The van der Waals surface area contributed by atoms with Crippen molar-refractivity contribution in [3.63, 3.8) is 0 Å². The van der Waals surface area contributed by atoms with Gasteiger partial charge < -0.3 is 24.2 Å². The Labute approximate surface area is 192 Å². The van der Waals surface area contributed by atoms with Gasteiger partial charge in [-0.3, -0.25) is 14.6 Å². The minimum Gasteiger partial charge on any atom is -0.496 e. The van der Waals surface area contributed by atoms with Crippen molar-refractivity contribution in [2.75, 3.05) is 72.7 Å². The quantitative estimate of drug-likeness (QED) is 0.578. The molecule has 1 amide bonds. The van der Waals surface area contributed by atoms with E-state index in [4.69, 9.17) is 14.2 Å². The minimum absolute atomic E-state index is 0.0372. The molecule has 3 unspecified atom stereocenters. The number of carbonyl (C=O) groups excluding carboxylic acids is 1. The number of nitrogens with zero attached hydrogens (tertiary/aromatic N) is 3. The first-order valence-electron chi connectivity index (χ1n) is 11.8. The number of hydrogen-bond acceptors (Lipinski definition) is 7. The molecule has 2 aliphatic heterocycles. The zero-order valence-electron chi connectivity index (χ0n) is 19.7. The van der Waals surface area contributed by atoms with Gasteiger partial charge in [0.1, 0.15) is 5.75 Å². The molecule has 180 valence electrons. The molecule has 0 aliphatic carbocycles. The molecule has 32 heavy (non-hydrogen) atoms. The number of aliphatic hydroxyl groups is 1. The van der Waals surface area contributed by atoms with Crippen LogP contribution in [0.4, 0.5) is 0 Å². The summed E-state index contributed by atoms with van der Waals surface area (Å²) in [7, 11) is 1.59. The Morgan fingerprint density at radius 2 is 1.88 bits per heavy atom. The van der Waals surface area contributed by atoms with E-state index in [2.05, 4.69) is 23.6 Å². The van der Waals surface area contributed by atoms with E-state index in [9.17, 15) is 9.90 Å². The molecule has 8 nitrogen and oxygen atoms in total. The van der Waals surface area contributed by atoms with Gasteiger partial charge in [0, 0.05) is 51.9 Å². The number of hydrogen-bond donors (Lipinski definition) is 1. The highest BCUT2D eigenvalue weighted by atomic mass is 16.5. The first kappa shape index (κ1) is 24.9. The Morgan fingerprint density at radius 1 is 1.19 bits per heavy atom. The van der Waals surface area contributed by atoms with Crippen LogP contribution >= 0.6 is 0 Å². The van der Waals surface area contributed by atoms with Gasteiger partial charge in [-0.1, -0.05) is 19.1 Å². The highest BCUT2D eigenvalue weighted by Crippen LogP contribution is 2.22. The smallest absolute Gasteiger partial charge is 0.257 e. The Hall–Kier alpha value is -1.71. The topological polar surface area (TPSA) is 74.7 Å². The maximum absolute atomic E-state index is 13.4. The number of aliphatic hydroxyl groups excluding tert-OH is 1. The van der Waals surface area contributed by atoms with Crippen LogP contribution in [-0.2, 0) is 9.47 Å². The minimum atomic E-state index is -0.410. The highest BCUT2D eigenvalue weighted by Gasteiger charge is 2.30. The second-order valence-electron chi connectivity index (χ2n) is 8.73. The van der Waals surface area contributed by atoms with Gasteiger partial charge in [0.25, 0.3) is 5.91 Å². The van der Waals surface area contributed by atoms with Gasteiger partial charge in [0.05, 0.1) is 44.7 Å². The predicted molar refractivity (Wildman–Crippen MR) is 123 cm³/mol. The van der Waals surface area contributed by atoms with Gasteiger partial charge in [-0.15, -0.1) is 0 Å². The van der Waals surface area contributed by atoms with E-state index < -0.39 is 6.10 Å². The number of morpholine rings is 2. The van der Waals surface area contributed by atoms with Crippen molar-refractivity contribution in [2.24, 2.45) is 0 Å². The van der Waals surface area contributed by atoms with E-state index in [-0.39, 0.29) is 18.1 Å². The van der Waals surface area contributed by atoms with Crippen LogP contribution in [0.5, 0.6) is 5.75 Å².